The highest BCUT2D eigenvalue weighted by Crippen LogP contribution is 2.45. The molecule has 1 amide bonds. The van der Waals surface area contributed by atoms with E-state index in [0.29, 0.717) is 0 Å². The highest BCUT2D eigenvalue weighted by molar-refractivity contribution is 8.07. The lowest BCUT2D eigenvalue weighted by atomic mass is 10.2. The number of nitrogens with one attached hydrogen (secondary N) is 1. The van der Waals surface area contributed by atoms with E-state index in [1.807, 2.05) is 6.07 Å². The molecule has 0 bridgehead atoms. The zero-order chi connectivity index (χ0) is 19.0. The second-order valence-corrected chi connectivity index (χ2v) is 8.46. The zero-order valence-corrected chi connectivity index (χ0v) is 16.0. The van der Waals surface area contributed by atoms with Gasteiger partial charge in [0.05, 0.1) is 32.3 Å². The molecule has 0 aromatic carbocycles. The van der Waals surface area contributed by atoms with Gasteiger partial charge in [-0.3, -0.25) is 0 Å². The molecule has 0 rings (SSSR count). The van der Waals surface area contributed by atoms with E-state index in [0.717, 1.165) is 7.11 Å². The van der Waals surface area contributed by atoms with Crippen LogP contribution in [0.25, 0.3) is 0 Å². The summed E-state index contributed by atoms with van der Waals surface area (Å²) in [6.45, 7) is 2.60. The lowest BCUT2D eigenvalue weighted by molar-refractivity contribution is -0.145. The van der Waals surface area contributed by atoms with Crippen molar-refractivity contribution in [1.29, 1.82) is 5.26 Å². The van der Waals surface area contributed by atoms with Crippen LogP contribution in [0.4, 0.5) is 4.79 Å². The molecule has 138 valence electrons. The maximum absolute atomic E-state index is 11.8. The normalized spacial score (nSPS) is 16.2. The smallest absolute Gasteiger partial charge is 0.408 e. The fourth-order valence-electron chi connectivity index (χ4n) is 1.44. The van der Waals surface area contributed by atoms with Crippen LogP contribution in [0.15, 0.2) is 0 Å². The quantitative estimate of drug-likeness (QED) is 0.365. The Hall–Kier alpha value is -1.24. The maximum atomic E-state index is 11.8. The molecule has 0 aliphatic rings. The molecule has 2 N–H and O–H groups in total. The topological polar surface area (TPSA) is 127 Å². The minimum Gasteiger partial charge on any atom is -0.467 e. The third-order valence-electron chi connectivity index (χ3n) is 2.36. The molecule has 0 saturated heterocycles. The number of hydrogen-bond acceptors (Lipinski definition) is 8. The molecule has 0 saturated carbocycles. The van der Waals surface area contributed by atoms with E-state index in [4.69, 9.17) is 30.9 Å². The third-order valence-corrected chi connectivity index (χ3v) is 4.05. The summed E-state index contributed by atoms with van der Waals surface area (Å²) < 4.78 is 19.8. The molecule has 0 aliphatic carbocycles. The Morgan fingerprint density at radius 3 is 2.46 bits per heavy atom. The van der Waals surface area contributed by atoms with Gasteiger partial charge in [0.2, 0.25) is 0 Å². The summed E-state index contributed by atoms with van der Waals surface area (Å²) in [4.78, 5) is 33.6. The van der Waals surface area contributed by atoms with Crippen LogP contribution in [-0.2, 0) is 35.1 Å². The van der Waals surface area contributed by atoms with E-state index in [9.17, 15) is 14.5 Å². The van der Waals surface area contributed by atoms with Crippen LogP contribution in [-0.4, -0.2) is 48.4 Å². The van der Waals surface area contributed by atoms with E-state index in [1.165, 1.54) is 6.92 Å². The number of carbonyl (C=O) groups excluding carboxylic acids is 2. The molecule has 0 aromatic rings. The van der Waals surface area contributed by atoms with Gasteiger partial charge in [-0.05, 0) is 39.5 Å². The van der Waals surface area contributed by atoms with Crippen molar-refractivity contribution >= 4 is 30.6 Å². The molecule has 11 heteroatoms. The van der Waals surface area contributed by atoms with E-state index < -0.39 is 36.5 Å². The van der Waals surface area contributed by atoms with Crippen molar-refractivity contribution in [3.05, 3.63) is 0 Å². The van der Waals surface area contributed by atoms with Gasteiger partial charge >= 0.3 is 18.8 Å². The highest BCUT2D eigenvalue weighted by Gasteiger charge is 2.34. The average Bonchev–Trinajstić information content (AvgIpc) is 2.41. The summed E-state index contributed by atoms with van der Waals surface area (Å²) in [5, 5.41) is 10.7. The number of alkyl carbamates (subject to hydrolysis) is 1. The third kappa shape index (κ3) is 9.80. The van der Waals surface area contributed by atoms with Gasteiger partial charge in [-0.1, -0.05) is 0 Å². The average molecular weight is 382 g/mol. The van der Waals surface area contributed by atoms with Gasteiger partial charge in [0.25, 0.3) is 0 Å². The molecule has 2 unspecified atom stereocenters. The summed E-state index contributed by atoms with van der Waals surface area (Å²) in [6.07, 6.45) is -1.89. The summed E-state index contributed by atoms with van der Waals surface area (Å²) in [5.74, 6) is -0.805. The number of ether oxygens (including phenoxy) is 2. The molecule has 3 atom stereocenters. The van der Waals surface area contributed by atoms with Crippen LogP contribution >= 0.6 is 6.72 Å². The second kappa shape index (κ2) is 9.91. The minimum absolute atomic E-state index is 0.0211. The molecule has 0 fully saturated rings. The molecule has 0 aromatic heterocycles. The summed E-state index contributed by atoms with van der Waals surface area (Å²) in [6, 6.07) is 0.559. The number of methoxy groups -OCH3 is 1. The van der Waals surface area contributed by atoms with Crippen molar-refractivity contribution in [3.8, 4) is 6.07 Å². The number of esters is 1. The Morgan fingerprint density at radius 2 is 2.00 bits per heavy atom. The highest BCUT2D eigenvalue weighted by atomic mass is 32.5. The van der Waals surface area contributed by atoms with E-state index >= 15 is 0 Å². The molecule has 0 aliphatic heterocycles. The lowest BCUT2D eigenvalue weighted by Crippen LogP contribution is -2.50. The Kier molecular flexibility index (Phi) is 9.40. The largest absolute Gasteiger partial charge is 0.467 e. The van der Waals surface area contributed by atoms with Crippen molar-refractivity contribution in [3.63, 3.8) is 0 Å². The second-order valence-electron chi connectivity index (χ2n) is 5.67. The number of hydrogen-bond donors (Lipinski definition) is 2. The van der Waals surface area contributed by atoms with Gasteiger partial charge in [-0.2, -0.15) is 5.26 Å². The van der Waals surface area contributed by atoms with Crippen LogP contribution in [0.2, 0.25) is 0 Å². The predicted molar refractivity (Wildman–Crippen MR) is 88.4 cm³/mol. The van der Waals surface area contributed by atoms with Crippen LogP contribution in [0.5, 0.6) is 0 Å². The first-order valence-corrected chi connectivity index (χ1v) is 9.61. The molecule has 0 spiro atoms. The Morgan fingerprint density at radius 1 is 1.42 bits per heavy atom. The monoisotopic (exact) mass is 382 g/mol. The Balaban J connectivity index is 4.92. The zero-order valence-electron chi connectivity index (χ0n) is 14.3. The Labute approximate surface area is 146 Å². The Bertz CT molecular complexity index is 529. The maximum Gasteiger partial charge on any atom is 0.408 e. The summed E-state index contributed by atoms with van der Waals surface area (Å²) in [5.41, 5.74) is -0.763. The predicted octanol–water partition coefficient (Wildman–Crippen LogP) is 1.60. The van der Waals surface area contributed by atoms with Crippen molar-refractivity contribution in [1.82, 2.24) is 5.32 Å². The molecular formula is C13H23N2O7PS. The molecular weight excluding hydrogens is 359 g/mol. The van der Waals surface area contributed by atoms with Crippen LogP contribution in [0, 0.1) is 11.3 Å². The number of rotatable bonds is 8. The SMILES string of the molecule is COC(=O)[C@@H](NC(=O)OC(C)(C)C)C(C)OP(O)(=S)OCCC#N. The number of carbonyl (C=O) groups is 2. The van der Waals surface area contributed by atoms with E-state index in [2.05, 4.69) is 10.1 Å². The van der Waals surface area contributed by atoms with Crippen LogP contribution in [0.3, 0.4) is 0 Å². The fraction of sp³-hybridized carbons (Fsp3) is 0.769. The van der Waals surface area contributed by atoms with Crippen molar-refractivity contribution in [2.45, 2.75) is 51.9 Å². The number of nitrogens with zero attached hydrogens (tertiary/aromatic N) is 1. The first kappa shape index (κ1) is 22.8. The molecule has 0 heterocycles. The van der Waals surface area contributed by atoms with Crippen molar-refractivity contribution in [2.75, 3.05) is 13.7 Å². The van der Waals surface area contributed by atoms with Crippen molar-refractivity contribution < 1.29 is 33.0 Å². The van der Waals surface area contributed by atoms with Gasteiger partial charge in [0.1, 0.15) is 5.60 Å². The molecule has 9 nitrogen and oxygen atoms in total. The van der Waals surface area contributed by atoms with Crippen LogP contribution in [0.1, 0.15) is 34.1 Å². The number of amides is 1. The van der Waals surface area contributed by atoms with Gasteiger partial charge < -0.3 is 28.7 Å². The van der Waals surface area contributed by atoms with Crippen LogP contribution < -0.4 is 5.32 Å². The summed E-state index contributed by atoms with van der Waals surface area (Å²) >= 11 is 4.79. The minimum atomic E-state index is -3.68. The van der Waals surface area contributed by atoms with Gasteiger partial charge in [0.15, 0.2) is 6.04 Å². The molecule has 0 radical (unpaired) electrons. The van der Waals surface area contributed by atoms with Crippen molar-refractivity contribution in [2.24, 2.45) is 0 Å². The summed E-state index contributed by atoms with van der Waals surface area (Å²) in [7, 11) is 1.14. The number of nitriles is 1. The standard InChI is InChI=1S/C13H23N2O7PS/c1-9(22-23(18,24)20-8-6-7-14)10(11(16)19-5)15-12(17)21-13(2,3)4/h9-10H,6,8H2,1-5H3,(H,15,17)(H,18,24)/t9?,10-,23?/m0/s1. The fourth-order valence-corrected chi connectivity index (χ4v) is 2.99. The van der Waals surface area contributed by atoms with E-state index in [-0.39, 0.29) is 13.0 Å². The molecule has 24 heavy (non-hydrogen) atoms. The van der Waals surface area contributed by atoms with Gasteiger partial charge in [-0.15, -0.1) is 0 Å². The first-order valence-electron chi connectivity index (χ1n) is 7.02. The lowest BCUT2D eigenvalue weighted by Gasteiger charge is -2.27. The van der Waals surface area contributed by atoms with Gasteiger partial charge in [-0.25, -0.2) is 9.59 Å². The first-order chi connectivity index (χ1) is 10.9. The van der Waals surface area contributed by atoms with E-state index in [1.54, 1.807) is 20.8 Å². The van der Waals surface area contributed by atoms with Gasteiger partial charge in [0, 0.05) is 0 Å².